The number of primary amides is 1. The van der Waals surface area contributed by atoms with Gasteiger partial charge in [-0.15, -0.1) is 0 Å². The molecular weight excluding hydrogens is 532 g/mol. The summed E-state index contributed by atoms with van der Waals surface area (Å²) < 4.78 is 27.7. The normalized spacial score (nSPS) is 29.7. The maximum absolute atomic E-state index is 13.1. The zero-order valence-corrected chi connectivity index (χ0v) is 25.1. The fourth-order valence-electron chi connectivity index (χ4n) is 4.96. The van der Waals surface area contributed by atoms with E-state index in [0.29, 0.717) is 41.0 Å². The molecule has 1 aromatic rings. The average Bonchev–Trinajstić information content (AvgIpc) is 2.93. The Hall–Kier alpha value is -3.54. The molecule has 2 amide bonds. The molecule has 11 nitrogen and oxygen atoms in total. The van der Waals surface area contributed by atoms with Crippen LogP contribution in [0.15, 0.2) is 41.5 Å². The number of aromatic hydroxyl groups is 1. The Bertz CT molecular complexity index is 1160. The lowest BCUT2D eigenvalue weighted by molar-refractivity contribution is -0.112. The highest BCUT2D eigenvalue weighted by Crippen LogP contribution is 2.44. The summed E-state index contributed by atoms with van der Waals surface area (Å²) in [6, 6.07) is 1.50. The Labute approximate surface area is 241 Å². The molecule has 1 aromatic carbocycles. The lowest BCUT2D eigenvalue weighted by Gasteiger charge is -2.29. The third-order valence-electron chi connectivity index (χ3n) is 7.19. The second-order valence-corrected chi connectivity index (χ2v) is 10.3. The van der Waals surface area contributed by atoms with E-state index in [-0.39, 0.29) is 17.4 Å². The number of carbonyl (C=O) groups is 2. The van der Waals surface area contributed by atoms with Gasteiger partial charge in [-0.3, -0.25) is 4.79 Å². The summed E-state index contributed by atoms with van der Waals surface area (Å²) in [5.41, 5.74) is 7.11. The van der Waals surface area contributed by atoms with Gasteiger partial charge < -0.3 is 44.9 Å². The van der Waals surface area contributed by atoms with Crippen LogP contribution in [0.25, 0.3) is 0 Å². The Morgan fingerprint density at radius 2 is 1.78 bits per heavy atom. The highest BCUT2D eigenvalue weighted by molar-refractivity contribution is 6.04. The standard InChI is InChI=1S/C30H44N2O9/c1-16-12-20-26(34)24(39-7)15-21(28(20)40-8)32-29(35)17(2)10-9-11-22(37-5)27(41-30(31)36)19(4)14-18(3)25(33)23(13-16)38-6/h9-11,14-16,18,22-23,25,27,33-34H,12-13H2,1-8H3,(H2,31,36)(H,32,35)/b11-9-,17-10+,19-14+/t16-,18+,22?,23+,25-,27+/m1/s1. The van der Waals surface area contributed by atoms with Crippen LogP contribution >= 0.6 is 0 Å². The average molecular weight is 577 g/mol. The zero-order valence-electron chi connectivity index (χ0n) is 25.1. The first-order chi connectivity index (χ1) is 19.4. The van der Waals surface area contributed by atoms with Crippen LogP contribution in [0.3, 0.4) is 0 Å². The zero-order chi connectivity index (χ0) is 30.9. The molecular formula is C30H44N2O9. The van der Waals surface area contributed by atoms with Crippen LogP contribution in [0.2, 0.25) is 0 Å². The van der Waals surface area contributed by atoms with Gasteiger partial charge in [0, 0.05) is 37.3 Å². The van der Waals surface area contributed by atoms with E-state index in [0.717, 1.165) is 0 Å². The number of methoxy groups -OCH3 is 4. The summed E-state index contributed by atoms with van der Waals surface area (Å²) in [4.78, 5) is 24.8. The van der Waals surface area contributed by atoms with Gasteiger partial charge in [0.1, 0.15) is 11.9 Å². The first kappa shape index (κ1) is 33.7. The Balaban J connectivity index is 2.69. The summed E-state index contributed by atoms with van der Waals surface area (Å²) >= 11 is 0. The number of allylic oxidation sites excluding steroid dienone is 2. The maximum atomic E-state index is 13.1. The number of aliphatic hydroxyl groups is 1. The van der Waals surface area contributed by atoms with Crippen molar-refractivity contribution >= 4 is 17.7 Å². The number of nitrogens with two attached hydrogens (primary N) is 1. The number of amides is 2. The molecule has 1 aliphatic rings. The Kier molecular flexibility index (Phi) is 12.7. The summed E-state index contributed by atoms with van der Waals surface area (Å²) in [7, 11) is 5.87. The SMILES string of the molecule is COc1cc2c(OC)c(c1O)C[C@@H](C)C[C@H](OC)[C@H](O)[C@@H](C)/C=C(\C)[C@H](OC(N)=O)C(OC)/C=C\C=C(/C)C(=O)N2. The molecule has 228 valence electrons. The van der Waals surface area contributed by atoms with Crippen molar-refractivity contribution < 1.29 is 43.5 Å². The number of hydrogen-bond donors (Lipinski definition) is 4. The van der Waals surface area contributed by atoms with Crippen molar-refractivity contribution in [2.24, 2.45) is 17.6 Å². The largest absolute Gasteiger partial charge is 0.504 e. The van der Waals surface area contributed by atoms with Gasteiger partial charge >= 0.3 is 6.09 Å². The minimum absolute atomic E-state index is 0.0946. The number of aliphatic hydroxyl groups excluding tert-OH is 1. The summed E-state index contributed by atoms with van der Waals surface area (Å²) in [6.07, 6.45) is 3.33. The number of phenolic OH excluding ortho intramolecular Hbond substituents is 1. The molecule has 1 aliphatic heterocycles. The van der Waals surface area contributed by atoms with Crippen LogP contribution in [0.5, 0.6) is 17.2 Å². The third-order valence-corrected chi connectivity index (χ3v) is 7.19. The molecule has 1 heterocycles. The monoisotopic (exact) mass is 576 g/mol. The van der Waals surface area contributed by atoms with Crippen LogP contribution in [0.4, 0.5) is 10.5 Å². The van der Waals surface area contributed by atoms with E-state index >= 15 is 0 Å². The highest BCUT2D eigenvalue weighted by Gasteiger charge is 2.30. The fraction of sp³-hybridized carbons (Fsp3) is 0.533. The fourth-order valence-corrected chi connectivity index (χ4v) is 4.96. The highest BCUT2D eigenvalue weighted by atomic mass is 16.6. The number of benzene rings is 1. The molecule has 0 radical (unpaired) electrons. The van der Waals surface area contributed by atoms with Crippen LogP contribution in [-0.2, 0) is 25.4 Å². The van der Waals surface area contributed by atoms with Crippen molar-refractivity contribution in [2.75, 3.05) is 33.8 Å². The summed E-state index contributed by atoms with van der Waals surface area (Å²) in [6.45, 7) is 7.18. The second-order valence-electron chi connectivity index (χ2n) is 10.3. The summed E-state index contributed by atoms with van der Waals surface area (Å²) in [5, 5.41) is 25.0. The first-order valence-electron chi connectivity index (χ1n) is 13.4. The van der Waals surface area contributed by atoms with Crippen LogP contribution in [0, 0.1) is 11.8 Å². The van der Waals surface area contributed by atoms with Crippen molar-refractivity contribution in [3.05, 3.63) is 47.1 Å². The smallest absolute Gasteiger partial charge is 0.405 e. The molecule has 2 bridgehead atoms. The minimum atomic E-state index is -0.978. The molecule has 6 atom stereocenters. The van der Waals surface area contributed by atoms with Gasteiger partial charge in [0.2, 0.25) is 0 Å². The van der Waals surface area contributed by atoms with Crippen molar-refractivity contribution in [3.63, 3.8) is 0 Å². The van der Waals surface area contributed by atoms with Crippen molar-refractivity contribution in [1.29, 1.82) is 0 Å². The number of anilines is 1. The number of nitrogens with one attached hydrogen (secondary N) is 1. The maximum Gasteiger partial charge on any atom is 0.405 e. The number of carbonyl (C=O) groups excluding carboxylic acids is 2. The van der Waals surface area contributed by atoms with Gasteiger partial charge in [-0.2, -0.15) is 0 Å². The number of phenols is 1. The van der Waals surface area contributed by atoms with Crippen molar-refractivity contribution in [2.45, 2.75) is 65.0 Å². The van der Waals surface area contributed by atoms with Gasteiger partial charge in [-0.05, 0) is 38.2 Å². The molecule has 2 rings (SSSR count). The predicted octanol–water partition coefficient (Wildman–Crippen LogP) is 3.87. The molecule has 0 aromatic heterocycles. The van der Waals surface area contributed by atoms with Gasteiger partial charge in [-0.1, -0.05) is 38.2 Å². The van der Waals surface area contributed by atoms with E-state index < -0.39 is 42.3 Å². The van der Waals surface area contributed by atoms with E-state index in [4.69, 9.17) is 29.4 Å². The molecule has 11 heteroatoms. The van der Waals surface area contributed by atoms with Gasteiger partial charge in [0.15, 0.2) is 17.6 Å². The molecule has 0 spiro atoms. The first-order valence-corrected chi connectivity index (χ1v) is 13.4. The third kappa shape index (κ3) is 8.72. The topological polar surface area (TPSA) is 159 Å². The molecule has 0 saturated carbocycles. The lowest BCUT2D eigenvalue weighted by atomic mass is 9.87. The Morgan fingerprint density at radius 3 is 2.34 bits per heavy atom. The minimum Gasteiger partial charge on any atom is -0.504 e. The molecule has 5 N–H and O–H groups in total. The predicted molar refractivity (Wildman–Crippen MR) is 155 cm³/mol. The van der Waals surface area contributed by atoms with E-state index in [2.05, 4.69) is 5.32 Å². The number of rotatable bonds is 5. The Morgan fingerprint density at radius 1 is 1.10 bits per heavy atom. The van der Waals surface area contributed by atoms with Crippen LogP contribution < -0.4 is 20.5 Å². The molecule has 0 saturated heterocycles. The number of fused-ring (bicyclic) bond motifs is 2. The number of ether oxygens (including phenoxy) is 5. The quantitative estimate of drug-likeness (QED) is 0.301. The second kappa shape index (κ2) is 15.5. The van der Waals surface area contributed by atoms with Gasteiger partial charge in [0.25, 0.3) is 5.91 Å². The number of hydrogen-bond acceptors (Lipinski definition) is 9. The van der Waals surface area contributed by atoms with E-state index in [1.54, 1.807) is 38.2 Å². The van der Waals surface area contributed by atoms with Gasteiger partial charge in [0.05, 0.1) is 32.1 Å². The summed E-state index contributed by atoms with van der Waals surface area (Å²) in [5.74, 6) is -0.523. The molecule has 41 heavy (non-hydrogen) atoms. The van der Waals surface area contributed by atoms with E-state index in [9.17, 15) is 19.8 Å². The van der Waals surface area contributed by atoms with Crippen LogP contribution in [-0.4, -0.2) is 75.1 Å². The van der Waals surface area contributed by atoms with Gasteiger partial charge in [-0.25, -0.2) is 4.79 Å². The van der Waals surface area contributed by atoms with Crippen LogP contribution in [0.1, 0.15) is 39.7 Å². The van der Waals surface area contributed by atoms with Crippen molar-refractivity contribution in [3.8, 4) is 17.2 Å². The molecule has 0 fully saturated rings. The molecule has 0 aliphatic carbocycles. The van der Waals surface area contributed by atoms with E-state index in [1.165, 1.54) is 34.5 Å². The van der Waals surface area contributed by atoms with E-state index in [1.807, 2.05) is 13.8 Å². The van der Waals surface area contributed by atoms with Crippen molar-refractivity contribution in [1.82, 2.24) is 0 Å². The molecule has 1 unspecified atom stereocenters. The lowest BCUT2D eigenvalue weighted by Crippen LogP contribution is -2.37.